The summed E-state index contributed by atoms with van der Waals surface area (Å²) in [5, 5.41) is 13.4. The number of aliphatic hydroxyl groups excluding tert-OH is 1. The second-order valence-corrected chi connectivity index (χ2v) is 5.90. The number of carbonyl (C=O) groups excluding carboxylic acids is 1. The Kier molecular flexibility index (Phi) is 4.75. The number of piperidine rings is 1. The van der Waals surface area contributed by atoms with Crippen molar-refractivity contribution in [2.45, 2.75) is 25.3 Å². The zero-order valence-electron chi connectivity index (χ0n) is 12.7. The molecular formula is C17H23N3O2. The number of amides is 1. The lowest BCUT2D eigenvalue weighted by molar-refractivity contribution is 0.0849. The van der Waals surface area contributed by atoms with E-state index in [4.69, 9.17) is 0 Å². The van der Waals surface area contributed by atoms with Gasteiger partial charge in [0.1, 0.15) is 0 Å². The van der Waals surface area contributed by atoms with Crippen molar-refractivity contribution in [3.8, 4) is 0 Å². The number of aromatic amines is 1. The molecule has 3 rings (SSSR count). The van der Waals surface area contributed by atoms with Gasteiger partial charge in [0, 0.05) is 41.8 Å². The van der Waals surface area contributed by atoms with Gasteiger partial charge in [0.05, 0.1) is 6.61 Å². The number of aromatic nitrogens is 1. The lowest BCUT2D eigenvalue weighted by atomic mass is 10.0. The Bertz CT molecular complexity index is 638. The summed E-state index contributed by atoms with van der Waals surface area (Å²) < 4.78 is 0. The minimum absolute atomic E-state index is 0.0411. The van der Waals surface area contributed by atoms with Crippen LogP contribution in [-0.4, -0.2) is 53.2 Å². The summed E-state index contributed by atoms with van der Waals surface area (Å²) in [5.41, 5.74) is 1.72. The molecule has 0 bridgehead atoms. The largest absolute Gasteiger partial charge is 0.395 e. The molecule has 1 aliphatic rings. The smallest absolute Gasteiger partial charge is 0.251 e. The summed E-state index contributed by atoms with van der Waals surface area (Å²) in [5.74, 6) is -0.0411. The van der Waals surface area contributed by atoms with Crippen LogP contribution in [0.5, 0.6) is 0 Å². The maximum absolute atomic E-state index is 12.2. The molecule has 5 nitrogen and oxygen atoms in total. The number of rotatable bonds is 5. The number of carbonyl (C=O) groups is 1. The first-order valence-electron chi connectivity index (χ1n) is 7.98. The molecule has 118 valence electrons. The fraction of sp³-hybridized carbons (Fsp3) is 0.471. The first kappa shape index (κ1) is 15.1. The van der Waals surface area contributed by atoms with Crippen LogP contribution in [0.25, 0.3) is 10.9 Å². The second-order valence-electron chi connectivity index (χ2n) is 5.90. The van der Waals surface area contributed by atoms with Gasteiger partial charge in [-0.15, -0.1) is 0 Å². The van der Waals surface area contributed by atoms with Gasteiger partial charge in [-0.05, 0) is 43.7 Å². The molecular weight excluding hydrogens is 278 g/mol. The number of aliphatic hydroxyl groups is 1. The topological polar surface area (TPSA) is 68.4 Å². The van der Waals surface area contributed by atoms with Gasteiger partial charge < -0.3 is 15.4 Å². The van der Waals surface area contributed by atoms with Crippen LogP contribution in [0.4, 0.5) is 0 Å². The second kappa shape index (κ2) is 6.94. The predicted molar refractivity (Wildman–Crippen MR) is 86.9 cm³/mol. The van der Waals surface area contributed by atoms with E-state index >= 15 is 0 Å². The third-order valence-corrected chi connectivity index (χ3v) is 4.46. The van der Waals surface area contributed by atoms with E-state index in [1.807, 2.05) is 30.5 Å². The molecule has 0 unspecified atom stereocenters. The van der Waals surface area contributed by atoms with E-state index in [1.54, 1.807) is 0 Å². The molecule has 1 amide bonds. The number of benzene rings is 1. The average Bonchev–Trinajstić information content (AvgIpc) is 3.02. The zero-order valence-corrected chi connectivity index (χ0v) is 12.7. The molecule has 1 aromatic carbocycles. The fourth-order valence-electron chi connectivity index (χ4n) is 3.17. The van der Waals surface area contributed by atoms with Crippen molar-refractivity contribution in [3.63, 3.8) is 0 Å². The van der Waals surface area contributed by atoms with E-state index in [2.05, 4.69) is 15.2 Å². The lowest BCUT2D eigenvalue weighted by Gasteiger charge is -2.34. The summed E-state index contributed by atoms with van der Waals surface area (Å²) in [7, 11) is 0. The first-order chi connectivity index (χ1) is 10.8. The van der Waals surface area contributed by atoms with Crippen molar-refractivity contribution in [1.29, 1.82) is 0 Å². The van der Waals surface area contributed by atoms with Gasteiger partial charge in [0.25, 0.3) is 5.91 Å². The Hall–Kier alpha value is -1.85. The SMILES string of the molecule is O=C(NCCN1CCCC[C@@H]1CO)c1ccc2[nH]ccc2c1. The number of H-pyrrole nitrogens is 1. The molecule has 1 aliphatic heterocycles. The van der Waals surface area contributed by atoms with Gasteiger partial charge >= 0.3 is 0 Å². The Morgan fingerprint density at radius 1 is 1.36 bits per heavy atom. The van der Waals surface area contributed by atoms with Crippen molar-refractivity contribution in [2.75, 3.05) is 26.2 Å². The highest BCUT2D eigenvalue weighted by atomic mass is 16.3. The van der Waals surface area contributed by atoms with Crippen LogP contribution < -0.4 is 5.32 Å². The highest BCUT2D eigenvalue weighted by Gasteiger charge is 2.21. The van der Waals surface area contributed by atoms with Crippen LogP contribution >= 0.6 is 0 Å². The number of hydrogen-bond acceptors (Lipinski definition) is 3. The number of hydrogen-bond donors (Lipinski definition) is 3. The molecule has 2 heterocycles. The fourth-order valence-corrected chi connectivity index (χ4v) is 3.17. The molecule has 1 aromatic heterocycles. The minimum atomic E-state index is -0.0411. The van der Waals surface area contributed by atoms with E-state index in [-0.39, 0.29) is 18.6 Å². The van der Waals surface area contributed by atoms with Crippen molar-refractivity contribution in [1.82, 2.24) is 15.2 Å². The van der Waals surface area contributed by atoms with E-state index in [0.29, 0.717) is 12.1 Å². The molecule has 0 radical (unpaired) electrons. The molecule has 0 spiro atoms. The third kappa shape index (κ3) is 3.31. The van der Waals surface area contributed by atoms with Crippen molar-refractivity contribution in [3.05, 3.63) is 36.0 Å². The monoisotopic (exact) mass is 301 g/mol. The zero-order chi connectivity index (χ0) is 15.4. The quantitative estimate of drug-likeness (QED) is 0.788. The molecule has 1 atom stereocenters. The van der Waals surface area contributed by atoms with E-state index in [9.17, 15) is 9.90 Å². The third-order valence-electron chi connectivity index (χ3n) is 4.46. The van der Waals surface area contributed by atoms with Gasteiger partial charge in [-0.2, -0.15) is 0 Å². The normalized spacial score (nSPS) is 19.4. The predicted octanol–water partition coefficient (Wildman–Crippen LogP) is 1.74. The van der Waals surface area contributed by atoms with E-state index in [0.717, 1.165) is 30.4 Å². The molecule has 0 aliphatic carbocycles. The standard InChI is InChI=1S/C17H23N3O2/c21-12-15-3-1-2-9-20(15)10-8-19-17(22)14-4-5-16-13(11-14)6-7-18-16/h4-7,11,15,18,21H,1-3,8-10,12H2,(H,19,22)/t15-/m1/s1. The highest BCUT2D eigenvalue weighted by Crippen LogP contribution is 2.16. The van der Waals surface area contributed by atoms with Crippen LogP contribution in [0.1, 0.15) is 29.6 Å². The van der Waals surface area contributed by atoms with Crippen LogP contribution in [0.2, 0.25) is 0 Å². The van der Waals surface area contributed by atoms with Crippen LogP contribution in [0, 0.1) is 0 Å². The average molecular weight is 301 g/mol. The first-order valence-corrected chi connectivity index (χ1v) is 7.98. The van der Waals surface area contributed by atoms with Gasteiger partial charge in [-0.3, -0.25) is 9.69 Å². The molecule has 1 fully saturated rings. The van der Waals surface area contributed by atoms with Gasteiger partial charge in [-0.25, -0.2) is 0 Å². The van der Waals surface area contributed by atoms with Crippen molar-refractivity contribution >= 4 is 16.8 Å². The Morgan fingerprint density at radius 2 is 2.27 bits per heavy atom. The van der Waals surface area contributed by atoms with Crippen LogP contribution in [0.15, 0.2) is 30.5 Å². The van der Waals surface area contributed by atoms with E-state index < -0.39 is 0 Å². The summed E-state index contributed by atoms with van der Waals surface area (Å²) in [4.78, 5) is 17.6. The summed E-state index contributed by atoms with van der Waals surface area (Å²) in [6.45, 7) is 2.62. The van der Waals surface area contributed by atoms with E-state index in [1.165, 1.54) is 12.8 Å². The van der Waals surface area contributed by atoms with Crippen molar-refractivity contribution in [2.24, 2.45) is 0 Å². The van der Waals surface area contributed by atoms with Gasteiger partial charge in [0.2, 0.25) is 0 Å². The Morgan fingerprint density at radius 3 is 3.14 bits per heavy atom. The summed E-state index contributed by atoms with van der Waals surface area (Å²) >= 11 is 0. The Balaban J connectivity index is 1.53. The Labute approximate surface area is 130 Å². The number of nitrogens with one attached hydrogen (secondary N) is 2. The summed E-state index contributed by atoms with van der Waals surface area (Å²) in [6.07, 6.45) is 5.28. The summed E-state index contributed by atoms with van der Waals surface area (Å²) in [6, 6.07) is 7.88. The molecule has 5 heteroatoms. The maximum Gasteiger partial charge on any atom is 0.251 e. The molecule has 3 N–H and O–H groups in total. The maximum atomic E-state index is 12.2. The molecule has 22 heavy (non-hydrogen) atoms. The minimum Gasteiger partial charge on any atom is -0.395 e. The molecule has 2 aromatic rings. The number of likely N-dealkylation sites (tertiary alicyclic amines) is 1. The number of fused-ring (bicyclic) bond motifs is 1. The number of nitrogens with zero attached hydrogens (tertiary/aromatic N) is 1. The van der Waals surface area contributed by atoms with Crippen LogP contribution in [-0.2, 0) is 0 Å². The highest BCUT2D eigenvalue weighted by molar-refractivity contribution is 5.98. The van der Waals surface area contributed by atoms with Crippen LogP contribution in [0.3, 0.4) is 0 Å². The van der Waals surface area contributed by atoms with Gasteiger partial charge in [0.15, 0.2) is 0 Å². The van der Waals surface area contributed by atoms with Crippen molar-refractivity contribution < 1.29 is 9.90 Å². The molecule has 0 saturated carbocycles. The lowest BCUT2D eigenvalue weighted by Crippen LogP contribution is -2.45. The van der Waals surface area contributed by atoms with Gasteiger partial charge in [-0.1, -0.05) is 6.42 Å². The molecule has 1 saturated heterocycles.